The van der Waals surface area contributed by atoms with Crippen LogP contribution in [0.5, 0.6) is 5.75 Å². The largest absolute Gasteiger partial charge is 0.479 e. The van der Waals surface area contributed by atoms with Crippen LogP contribution in [-0.2, 0) is 19.4 Å². The highest BCUT2D eigenvalue weighted by Crippen LogP contribution is 2.39. The lowest BCUT2D eigenvalue weighted by atomic mass is 9.96. The third-order valence-electron chi connectivity index (χ3n) is 5.51. The molecular formula is C20H27N3O6S. The Balaban J connectivity index is 2.06. The second-order valence-corrected chi connectivity index (χ2v) is 9.36. The lowest BCUT2D eigenvalue weighted by Gasteiger charge is -2.35. The van der Waals surface area contributed by atoms with Gasteiger partial charge in [0.05, 0.1) is 13.2 Å². The van der Waals surface area contributed by atoms with Gasteiger partial charge < -0.3 is 19.7 Å². The zero-order chi connectivity index (χ0) is 21.6. The van der Waals surface area contributed by atoms with E-state index in [9.17, 15) is 18.4 Å². The summed E-state index contributed by atoms with van der Waals surface area (Å²) in [6.07, 6.45) is 0.0856. The van der Waals surface area contributed by atoms with Crippen molar-refractivity contribution >= 4 is 21.4 Å². The average Bonchev–Trinajstić information content (AvgIpc) is 2.79. The van der Waals surface area contributed by atoms with Crippen LogP contribution in [-0.4, -0.2) is 70.3 Å². The number of amides is 1. The summed E-state index contributed by atoms with van der Waals surface area (Å²) in [5.74, 6) is 4.70. The highest BCUT2D eigenvalue weighted by atomic mass is 32.2. The van der Waals surface area contributed by atoms with E-state index in [0.717, 1.165) is 5.69 Å². The molecule has 2 fully saturated rings. The number of nitrogens with zero attached hydrogens (tertiary/aromatic N) is 1. The molecule has 10 heteroatoms. The minimum Gasteiger partial charge on any atom is -0.479 e. The van der Waals surface area contributed by atoms with Gasteiger partial charge in [-0.05, 0) is 45.0 Å². The number of hydrogen-bond acceptors (Lipinski definition) is 8. The molecule has 0 unspecified atom stereocenters. The van der Waals surface area contributed by atoms with Gasteiger partial charge in [-0.25, -0.2) is 13.9 Å². The molecule has 0 atom stereocenters. The van der Waals surface area contributed by atoms with E-state index in [1.165, 1.54) is 6.07 Å². The number of sulfone groups is 1. The van der Waals surface area contributed by atoms with E-state index in [-0.39, 0.29) is 30.1 Å². The van der Waals surface area contributed by atoms with E-state index in [1.807, 2.05) is 0 Å². The first-order valence-electron chi connectivity index (χ1n) is 9.85. The summed E-state index contributed by atoms with van der Waals surface area (Å²) >= 11 is 0. The van der Waals surface area contributed by atoms with Gasteiger partial charge in [0.2, 0.25) is 0 Å². The number of ether oxygens (including phenoxy) is 2. The van der Waals surface area contributed by atoms with Crippen molar-refractivity contribution in [3.05, 3.63) is 18.2 Å². The quantitative estimate of drug-likeness (QED) is 0.331. The maximum absolute atomic E-state index is 13.7. The molecule has 3 rings (SSSR count). The first-order valence-corrected chi connectivity index (χ1v) is 11.3. The van der Waals surface area contributed by atoms with Gasteiger partial charge in [0.1, 0.15) is 17.3 Å². The van der Waals surface area contributed by atoms with Crippen LogP contribution < -0.4 is 20.4 Å². The number of carbonyl (C=O) groups excluding carboxylic acids is 1. The van der Waals surface area contributed by atoms with Crippen molar-refractivity contribution in [3.63, 3.8) is 0 Å². The van der Waals surface area contributed by atoms with E-state index in [0.29, 0.717) is 39.4 Å². The number of hydrogen-bond donors (Lipinski definition) is 3. The molecule has 0 radical (unpaired) electrons. The fourth-order valence-electron chi connectivity index (χ4n) is 3.80. The molecule has 2 heterocycles. The lowest BCUT2D eigenvalue weighted by Crippen LogP contribution is -2.57. The normalized spacial score (nSPS) is 18.8. The summed E-state index contributed by atoms with van der Waals surface area (Å²) in [5.41, 5.74) is 2.36. The first kappa shape index (κ1) is 22.4. The first-order chi connectivity index (χ1) is 14.5. The zero-order valence-corrected chi connectivity index (χ0v) is 17.8. The third-order valence-corrected chi connectivity index (χ3v) is 8.05. The summed E-state index contributed by atoms with van der Waals surface area (Å²) in [5, 5.41) is 12.3. The molecule has 0 bridgehead atoms. The highest BCUT2D eigenvalue weighted by Gasteiger charge is 2.52. The maximum Gasteiger partial charge on any atom is 0.265 e. The van der Waals surface area contributed by atoms with Crippen molar-refractivity contribution < 1.29 is 27.9 Å². The molecule has 164 valence electrons. The van der Waals surface area contributed by atoms with Crippen LogP contribution in [0.4, 0.5) is 5.69 Å². The van der Waals surface area contributed by atoms with Crippen LogP contribution in [0.25, 0.3) is 0 Å². The van der Waals surface area contributed by atoms with Gasteiger partial charge in [0, 0.05) is 24.8 Å². The molecule has 0 spiro atoms. The Kier molecular flexibility index (Phi) is 7.20. The van der Waals surface area contributed by atoms with Crippen molar-refractivity contribution in [1.29, 1.82) is 0 Å². The van der Waals surface area contributed by atoms with Crippen LogP contribution in [0.2, 0.25) is 0 Å². The van der Waals surface area contributed by atoms with E-state index in [1.54, 1.807) is 24.5 Å². The summed E-state index contributed by atoms with van der Waals surface area (Å²) in [6, 6.07) is 4.85. The monoisotopic (exact) mass is 437 g/mol. The van der Waals surface area contributed by atoms with Crippen LogP contribution >= 0.6 is 0 Å². The molecule has 2 aliphatic heterocycles. The van der Waals surface area contributed by atoms with Gasteiger partial charge in [-0.1, -0.05) is 5.92 Å². The minimum atomic E-state index is -4.18. The van der Waals surface area contributed by atoms with Gasteiger partial charge in [-0.3, -0.25) is 10.0 Å². The SMILES string of the molecule is CC#CCOc1cc(N2CCOCC2)ccc1S(=O)(=O)C1(C(=O)NO)CCNCC1. The Morgan fingerprint density at radius 2 is 2.03 bits per heavy atom. The van der Waals surface area contributed by atoms with Gasteiger partial charge in [-0.2, -0.15) is 0 Å². The number of piperidine rings is 1. The number of carbonyl (C=O) groups is 1. The molecule has 0 aromatic heterocycles. The number of rotatable bonds is 6. The highest BCUT2D eigenvalue weighted by molar-refractivity contribution is 7.93. The van der Waals surface area contributed by atoms with Crippen LogP contribution in [0.15, 0.2) is 23.1 Å². The molecule has 9 nitrogen and oxygen atoms in total. The van der Waals surface area contributed by atoms with Crippen molar-refractivity contribution in [2.45, 2.75) is 29.4 Å². The molecule has 1 aromatic carbocycles. The van der Waals surface area contributed by atoms with E-state index in [2.05, 4.69) is 22.1 Å². The number of morpholine rings is 1. The standard InChI is InChI=1S/C20H27N3O6S/c1-2-3-12-29-17-15-16(23-10-13-28-14-11-23)4-5-18(17)30(26,27)20(19(24)22-25)6-8-21-9-7-20/h4-5,15,21,25H,6-14H2,1H3,(H,22,24). The molecule has 1 amide bonds. The predicted octanol–water partition coefficient (Wildman–Crippen LogP) is 0.327. The maximum atomic E-state index is 13.7. The zero-order valence-electron chi connectivity index (χ0n) is 16.9. The second-order valence-electron chi connectivity index (χ2n) is 7.13. The fraction of sp³-hybridized carbons (Fsp3) is 0.550. The molecule has 3 N–H and O–H groups in total. The Labute approximate surface area is 176 Å². The van der Waals surface area contributed by atoms with Gasteiger partial charge >= 0.3 is 0 Å². The topological polar surface area (TPSA) is 117 Å². The number of hydroxylamine groups is 1. The van der Waals surface area contributed by atoms with Crippen LogP contribution in [0.3, 0.4) is 0 Å². The van der Waals surface area contributed by atoms with Crippen molar-refractivity contribution in [2.75, 3.05) is 50.9 Å². The third kappa shape index (κ3) is 4.25. The lowest BCUT2D eigenvalue weighted by molar-refractivity contribution is -0.132. The van der Waals surface area contributed by atoms with Crippen molar-refractivity contribution in [1.82, 2.24) is 10.8 Å². The predicted molar refractivity (Wildman–Crippen MR) is 110 cm³/mol. The summed E-state index contributed by atoms with van der Waals surface area (Å²) in [4.78, 5) is 14.5. The molecule has 2 saturated heterocycles. The van der Waals surface area contributed by atoms with Crippen LogP contribution in [0.1, 0.15) is 19.8 Å². The molecule has 1 aromatic rings. The smallest absolute Gasteiger partial charge is 0.265 e. The summed E-state index contributed by atoms with van der Waals surface area (Å²) < 4.78 is 36.7. The Morgan fingerprint density at radius 3 is 2.67 bits per heavy atom. The Bertz CT molecular complexity index is 926. The molecular weight excluding hydrogens is 410 g/mol. The van der Waals surface area contributed by atoms with Gasteiger partial charge in [-0.15, -0.1) is 5.92 Å². The van der Waals surface area contributed by atoms with Crippen molar-refractivity contribution in [3.8, 4) is 17.6 Å². The number of benzene rings is 1. The summed E-state index contributed by atoms with van der Waals surface area (Å²) in [6.45, 7) is 4.92. The number of nitrogens with one attached hydrogen (secondary N) is 2. The minimum absolute atomic E-state index is 0.0202. The Morgan fingerprint density at radius 1 is 1.33 bits per heavy atom. The Hall–Kier alpha value is -2.32. The van der Waals surface area contributed by atoms with E-state index in [4.69, 9.17) is 9.47 Å². The molecule has 2 aliphatic rings. The molecule has 30 heavy (non-hydrogen) atoms. The van der Waals surface area contributed by atoms with Gasteiger partial charge in [0.15, 0.2) is 14.6 Å². The average molecular weight is 438 g/mol. The fourth-order valence-corrected chi connectivity index (χ4v) is 5.88. The molecule has 0 aliphatic carbocycles. The summed E-state index contributed by atoms with van der Waals surface area (Å²) in [7, 11) is -4.18. The van der Waals surface area contributed by atoms with E-state index < -0.39 is 20.5 Å². The van der Waals surface area contributed by atoms with Crippen LogP contribution in [0, 0.1) is 11.8 Å². The number of anilines is 1. The van der Waals surface area contributed by atoms with Gasteiger partial charge in [0.25, 0.3) is 5.91 Å². The van der Waals surface area contributed by atoms with E-state index >= 15 is 0 Å². The molecule has 0 saturated carbocycles. The second kappa shape index (κ2) is 9.66. The van der Waals surface area contributed by atoms with Crippen molar-refractivity contribution in [2.24, 2.45) is 0 Å².